The molecule has 8 heteroatoms. The topological polar surface area (TPSA) is 83.8 Å². The molecular formula is C13H18N6O2. The molecule has 1 saturated heterocycles. The summed E-state index contributed by atoms with van der Waals surface area (Å²) in [5.74, 6) is 1.60. The van der Waals surface area contributed by atoms with Gasteiger partial charge in [-0.05, 0) is 6.42 Å². The third-order valence-corrected chi connectivity index (χ3v) is 3.61. The number of carbonyl (C=O) groups excluding carboxylic acids is 1. The standard InChI is InChI=1S/C13H18N6O2/c1-14-10-8-19-6-4-15-11(19)12(17-10)18-5-3-9(7-18)16-13(20)21-2/h4,6,8-9,14H,3,5,7H2,1-2H3,(H,16,20). The first kappa shape index (κ1) is 13.5. The van der Waals surface area contributed by atoms with Crippen LogP contribution in [0.4, 0.5) is 16.4 Å². The fraction of sp³-hybridized carbons (Fsp3) is 0.462. The molecule has 0 saturated carbocycles. The molecule has 3 rings (SSSR count). The summed E-state index contributed by atoms with van der Waals surface area (Å²) in [6.07, 6.45) is 5.99. The Morgan fingerprint density at radius 2 is 2.38 bits per heavy atom. The average molecular weight is 290 g/mol. The van der Waals surface area contributed by atoms with Crippen LogP contribution < -0.4 is 15.5 Å². The van der Waals surface area contributed by atoms with Gasteiger partial charge in [-0.1, -0.05) is 0 Å². The highest BCUT2D eigenvalue weighted by Gasteiger charge is 2.27. The van der Waals surface area contributed by atoms with Crippen LogP contribution in [0.2, 0.25) is 0 Å². The molecule has 3 heterocycles. The minimum atomic E-state index is -0.398. The van der Waals surface area contributed by atoms with Gasteiger partial charge in [0, 0.05) is 32.5 Å². The number of fused-ring (bicyclic) bond motifs is 1. The largest absolute Gasteiger partial charge is 0.453 e. The zero-order valence-corrected chi connectivity index (χ0v) is 12.0. The fourth-order valence-corrected chi connectivity index (χ4v) is 2.54. The molecule has 21 heavy (non-hydrogen) atoms. The van der Waals surface area contributed by atoms with Crippen molar-refractivity contribution in [3.63, 3.8) is 0 Å². The molecule has 1 amide bonds. The second-order valence-electron chi connectivity index (χ2n) is 4.93. The minimum Gasteiger partial charge on any atom is -0.453 e. The van der Waals surface area contributed by atoms with E-state index >= 15 is 0 Å². The van der Waals surface area contributed by atoms with Crippen LogP contribution in [0.3, 0.4) is 0 Å². The molecule has 0 aliphatic carbocycles. The molecule has 2 N–H and O–H groups in total. The zero-order chi connectivity index (χ0) is 14.8. The van der Waals surface area contributed by atoms with Crippen LogP contribution in [0, 0.1) is 0 Å². The van der Waals surface area contributed by atoms with Crippen LogP contribution in [0.5, 0.6) is 0 Å². The Bertz CT molecular complexity index is 655. The van der Waals surface area contributed by atoms with Gasteiger partial charge >= 0.3 is 6.09 Å². The molecule has 2 aromatic rings. The Balaban J connectivity index is 1.84. The summed E-state index contributed by atoms with van der Waals surface area (Å²) in [7, 11) is 3.20. The summed E-state index contributed by atoms with van der Waals surface area (Å²) in [6, 6.07) is 0.0625. The Labute approximate surface area is 122 Å². The molecule has 1 fully saturated rings. The molecular weight excluding hydrogens is 272 g/mol. The van der Waals surface area contributed by atoms with Crippen molar-refractivity contribution in [3.8, 4) is 0 Å². The van der Waals surface area contributed by atoms with E-state index in [2.05, 4.69) is 30.2 Å². The van der Waals surface area contributed by atoms with Crippen molar-refractivity contribution in [2.75, 3.05) is 37.5 Å². The molecule has 1 aliphatic heterocycles. The number of hydrogen-bond acceptors (Lipinski definition) is 6. The molecule has 1 atom stereocenters. The third kappa shape index (κ3) is 2.56. The van der Waals surface area contributed by atoms with Gasteiger partial charge in [0.15, 0.2) is 11.5 Å². The van der Waals surface area contributed by atoms with E-state index in [0.717, 1.165) is 30.2 Å². The normalized spacial score (nSPS) is 18.0. The van der Waals surface area contributed by atoms with E-state index < -0.39 is 6.09 Å². The van der Waals surface area contributed by atoms with Gasteiger partial charge in [-0.15, -0.1) is 0 Å². The third-order valence-electron chi connectivity index (χ3n) is 3.61. The lowest BCUT2D eigenvalue weighted by atomic mass is 10.3. The van der Waals surface area contributed by atoms with E-state index in [9.17, 15) is 4.79 Å². The average Bonchev–Trinajstić information content (AvgIpc) is 3.14. The van der Waals surface area contributed by atoms with Crippen LogP contribution in [0.15, 0.2) is 18.6 Å². The van der Waals surface area contributed by atoms with Crippen molar-refractivity contribution < 1.29 is 9.53 Å². The highest BCUT2D eigenvalue weighted by molar-refractivity contribution is 5.69. The van der Waals surface area contributed by atoms with Crippen LogP contribution in [-0.4, -0.2) is 53.8 Å². The summed E-state index contributed by atoms with van der Waals surface area (Å²) in [5.41, 5.74) is 0.813. The van der Waals surface area contributed by atoms with Crippen LogP contribution in [-0.2, 0) is 4.74 Å². The number of imidazole rings is 1. The maximum Gasteiger partial charge on any atom is 0.407 e. The Kier molecular flexibility index (Phi) is 3.51. The van der Waals surface area contributed by atoms with Crippen molar-refractivity contribution >= 4 is 23.4 Å². The highest BCUT2D eigenvalue weighted by atomic mass is 16.5. The van der Waals surface area contributed by atoms with Gasteiger partial charge in [-0.2, -0.15) is 0 Å². The first-order valence-electron chi connectivity index (χ1n) is 6.82. The maximum atomic E-state index is 11.3. The molecule has 0 bridgehead atoms. The van der Waals surface area contributed by atoms with Crippen LogP contribution >= 0.6 is 0 Å². The highest BCUT2D eigenvalue weighted by Crippen LogP contribution is 2.24. The Morgan fingerprint density at radius 1 is 1.52 bits per heavy atom. The molecule has 1 aliphatic rings. The number of amides is 1. The lowest BCUT2D eigenvalue weighted by Crippen LogP contribution is -2.37. The first-order chi connectivity index (χ1) is 10.2. The van der Waals surface area contributed by atoms with Gasteiger partial charge in [0.2, 0.25) is 0 Å². The lowest BCUT2D eigenvalue weighted by molar-refractivity contribution is 0.167. The predicted octanol–water partition coefficient (Wildman–Crippen LogP) is 0.706. The second kappa shape index (κ2) is 5.47. The summed E-state index contributed by atoms with van der Waals surface area (Å²) in [5, 5.41) is 5.87. The summed E-state index contributed by atoms with van der Waals surface area (Å²) < 4.78 is 6.58. The molecule has 2 aromatic heterocycles. The summed E-state index contributed by atoms with van der Waals surface area (Å²) in [6.45, 7) is 1.51. The molecule has 0 radical (unpaired) electrons. The van der Waals surface area contributed by atoms with E-state index in [-0.39, 0.29) is 6.04 Å². The number of methoxy groups -OCH3 is 1. The van der Waals surface area contributed by atoms with Crippen molar-refractivity contribution in [2.45, 2.75) is 12.5 Å². The van der Waals surface area contributed by atoms with Crippen molar-refractivity contribution in [1.29, 1.82) is 0 Å². The number of nitrogens with one attached hydrogen (secondary N) is 2. The quantitative estimate of drug-likeness (QED) is 0.866. The second-order valence-corrected chi connectivity index (χ2v) is 4.93. The number of rotatable bonds is 3. The Hall–Kier alpha value is -2.51. The number of aromatic nitrogens is 3. The van der Waals surface area contributed by atoms with Gasteiger partial charge in [0.05, 0.1) is 19.3 Å². The number of anilines is 2. The number of alkyl carbamates (subject to hydrolysis) is 1. The van der Waals surface area contributed by atoms with Crippen molar-refractivity contribution in [3.05, 3.63) is 18.6 Å². The van der Waals surface area contributed by atoms with E-state index in [1.165, 1.54) is 7.11 Å². The first-order valence-corrected chi connectivity index (χ1v) is 6.82. The predicted molar refractivity (Wildman–Crippen MR) is 78.7 cm³/mol. The monoisotopic (exact) mass is 290 g/mol. The smallest absolute Gasteiger partial charge is 0.407 e. The molecule has 0 spiro atoms. The maximum absolute atomic E-state index is 11.3. The van der Waals surface area contributed by atoms with Crippen LogP contribution in [0.25, 0.3) is 5.65 Å². The summed E-state index contributed by atoms with van der Waals surface area (Å²) >= 11 is 0. The van der Waals surface area contributed by atoms with E-state index in [0.29, 0.717) is 6.54 Å². The summed E-state index contributed by atoms with van der Waals surface area (Å²) in [4.78, 5) is 22.4. The molecule has 112 valence electrons. The SMILES string of the molecule is CNc1cn2ccnc2c(N2CCC(NC(=O)OC)C2)n1. The van der Waals surface area contributed by atoms with Gasteiger partial charge in [0.25, 0.3) is 0 Å². The zero-order valence-electron chi connectivity index (χ0n) is 12.0. The Morgan fingerprint density at radius 3 is 3.14 bits per heavy atom. The van der Waals surface area contributed by atoms with E-state index in [1.54, 1.807) is 6.20 Å². The minimum absolute atomic E-state index is 0.0625. The van der Waals surface area contributed by atoms with Crippen molar-refractivity contribution in [1.82, 2.24) is 19.7 Å². The number of hydrogen-bond donors (Lipinski definition) is 2. The van der Waals surface area contributed by atoms with E-state index in [1.807, 2.05) is 23.8 Å². The van der Waals surface area contributed by atoms with Crippen molar-refractivity contribution in [2.24, 2.45) is 0 Å². The number of carbonyl (C=O) groups is 1. The molecule has 0 aromatic carbocycles. The van der Waals surface area contributed by atoms with Gasteiger partial charge in [-0.25, -0.2) is 14.8 Å². The number of ether oxygens (including phenoxy) is 1. The molecule has 1 unspecified atom stereocenters. The molecule has 8 nitrogen and oxygen atoms in total. The van der Waals surface area contributed by atoms with Gasteiger partial charge < -0.3 is 24.7 Å². The van der Waals surface area contributed by atoms with E-state index in [4.69, 9.17) is 0 Å². The van der Waals surface area contributed by atoms with Crippen LogP contribution in [0.1, 0.15) is 6.42 Å². The van der Waals surface area contributed by atoms with Gasteiger partial charge in [0.1, 0.15) is 5.82 Å². The fourth-order valence-electron chi connectivity index (χ4n) is 2.54. The lowest BCUT2D eigenvalue weighted by Gasteiger charge is -2.19. The number of nitrogens with zero attached hydrogens (tertiary/aromatic N) is 4. The van der Waals surface area contributed by atoms with Gasteiger partial charge in [-0.3, -0.25) is 0 Å².